The summed E-state index contributed by atoms with van der Waals surface area (Å²) in [6.45, 7) is 10.5. The van der Waals surface area contributed by atoms with E-state index in [0.29, 0.717) is 19.6 Å². The van der Waals surface area contributed by atoms with Crippen molar-refractivity contribution in [1.82, 2.24) is 15.5 Å². The van der Waals surface area contributed by atoms with Gasteiger partial charge in [-0.05, 0) is 24.6 Å². The van der Waals surface area contributed by atoms with Crippen molar-refractivity contribution in [2.45, 2.75) is 34.2 Å². The average molecular weight is 362 g/mol. The molecular formula is C19H30N4O3. The van der Waals surface area contributed by atoms with Crippen LogP contribution < -0.4 is 20.1 Å². The standard InChI is InChI=1S/C19H30N4O3/c1-6-20-18(22-10-9-21-17(24)19(2,3)4)23(5)12-14-7-8-15-16(11-14)26-13-25-15/h7-8,11H,6,9-10,12-13H2,1-5H3,(H,20,22)(H,21,24). The third-order valence-corrected chi connectivity index (χ3v) is 3.89. The monoisotopic (exact) mass is 362 g/mol. The van der Waals surface area contributed by atoms with Crippen molar-refractivity contribution in [3.05, 3.63) is 23.8 Å². The summed E-state index contributed by atoms with van der Waals surface area (Å²) >= 11 is 0. The van der Waals surface area contributed by atoms with Crippen molar-refractivity contribution >= 4 is 11.9 Å². The quantitative estimate of drug-likeness (QED) is 0.460. The summed E-state index contributed by atoms with van der Waals surface area (Å²) in [5.74, 6) is 2.40. The molecule has 1 heterocycles. The number of ether oxygens (including phenoxy) is 2. The van der Waals surface area contributed by atoms with Gasteiger partial charge in [0.2, 0.25) is 12.7 Å². The van der Waals surface area contributed by atoms with Gasteiger partial charge >= 0.3 is 0 Å². The second kappa shape index (κ2) is 8.78. The molecule has 7 heteroatoms. The maximum atomic E-state index is 11.9. The minimum Gasteiger partial charge on any atom is -0.454 e. The van der Waals surface area contributed by atoms with E-state index in [1.165, 1.54) is 0 Å². The number of fused-ring (bicyclic) bond motifs is 1. The number of nitrogens with one attached hydrogen (secondary N) is 2. The van der Waals surface area contributed by atoms with Crippen LogP contribution >= 0.6 is 0 Å². The van der Waals surface area contributed by atoms with Crippen LogP contribution in [0.3, 0.4) is 0 Å². The lowest BCUT2D eigenvalue weighted by Gasteiger charge is -2.22. The molecular weight excluding hydrogens is 332 g/mol. The lowest BCUT2D eigenvalue weighted by atomic mass is 9.96. The van der Waals surface area contributed by atoms with Gasteiger partial charge in [0.15, 0.2) is 17.5 Å². The number of hydrogen-bond acceptors (Lipinski definition) is 4. The zero-order chi connectivity index (χ0) is 19.2. The van der Waals surface area contributed by atoms with E-state index in [0.717, 1.165) is 29.6 Å². The smallest absolute Gasteiger partial charge is 0.231 e. The number of benzene rings is 1. The molecule has 2 rings (SSSR count). The second-order valence-electron chi connectivity index (χ2n) is 7.29. The van der Waals surface area contributed by atoms with E-state index in [1.54, 1.807) is 0 Å². The molecule has 0 radical (unpaired) electrons. The molecule has 0 unspecified atom stereocenters. The Bertz CT molecular complexity index is 653. The van der Waals surface area contributed by atoms with Crippen LogP contribution in [0.25, 0.3) is 0 Å². The number of aliphatic imine (C=N–C) groups is 1. The van der Waals surface area contributed by atoms with Gasteiger partial charge in [-0.15, -0.1) is 0 Å². The van der Waals surface area contributed by atoms with Gasteiger partial charge in [0.05, 0.1) is 6.54 Å². The molecule has 0 saturated carbocycles. The van der Waals surface area contributed by atoms with Crippen molar-refractivity contribution in [1.29, 1.82) is 0 Å². The number of amides is 1. The molecule has 0 fully saturated rings. The SMILES string of the molecule is CCNC(=NCCNC(=O)C(C)(C)C)N(C)Cc1ccc2c(c1)OCO2. The Balaban J connectivity index is 1.91. The summed E-state index contributed by atoms with van der Waals surface area (Å²) in [7, 11) is 1.99. The van der Waals surface area contributed by atoms with Gasteiger partial charge in [0.25, 0.3) is 0 Å². The van der Waals surface area contributed by atoms with Crippen molar-refractivity contribution in [3.63, 3.8) is 0 Å². The number of hydrogen-bond donors (Lipinski definition) is 2. The van der Waals surface area contributed by atoms with Crippen molar-refractivity contribution in [3.8, 4) is 11.5 Å². The zero-order valence-electron chi connectivity index (χ0n) is 16.4. The third-order valence-electron chi connectivity index (χ3n) is 3.89. The summed E-state index contributed by atoms with van der Waals surface area (Å²) in [6, 6.07) is 5.95. The number of carbonyl (C=O) groups excluding carboxylic acids is 1. The molecule has 2 N–H and O–H groups in total. The normalized spacial score (nSPS) is 13.5. The van der Waals surface area contributed by atoms with E-state index >= 15 is 0 Å². The zero-order valence-corrected chi connectivity index (χ0v) is 16.4. The first-order valence-electron chi connectivity index (χ1n) is 8.97. The number of nitrogens with zero attached hydrogens (tertiary/aromatic N) is 2. The largest absolute Gasteiger partial charge is 0.454 e. The van der Waals surface area contributed by atoms with Gasteiger partial charge in [-0.3, -0.25) is 9.79 Å². The summed E-state index contributed by atoms with van der Waals surface area (Å²) in [6.07, 6.45) is 0. The predicted octanol–water partition coefficient (Wildman–Crippen LogP) is 1.97. The Kier molecular flexibility index (Phi) is 6.71. The van der Waals surface area contributed by atoms with E-state index < -0.39 is 0 Å². The molecule has 144 valence electrons. The highest BCUT2D eigenvalue weighted by atomic mass is 16.7. The van der Waals surface area contributed by atoms with Crippen molar-refractivity contribution in [2.75, 3.05) is 33.5 Å². The fourth-order valence-electron chi connectivity index (χ4n) is 2.45. The van der Waals surface area contributed by atoms with Gasteiger partial charge < -0.3 is 25.0 Å². The molecule has 1 amide bonds. The van der Waals surface area contributed by atoms with Crippen LogP contribution in [0.2, 0.25) is 0 Å². The molecule has 1 aromatic rings. The van der Waals surface area contributed by atoms with Crippen molar-refractivity contribution < 1.29 is 14.3 Å². The Morgan fingerprint density at radius 2 is 1.96 bits per heavy atom. The molecule has 0 atom stereocenters. The van der Waals surface area contributed by atoms with Gasteiger partial charge in [0.1, 0.15) is 0 Å². The average Bonchev–Trinajstić information content (AvgIpc) is 3.04. The van der Waals surface area contributed by atoms with E-state index in [1.807, 2.05) is 57.8 Å². The van der Waals surface area contributed by atoms with Gasteiger partial charge in [-0.1, -0.05) is 26.8 Å². The highest BCUT2D eigenvalue weighted by Gasteiger charge is 2.20. The predicted molar refractivity (Wildman–Crippen MR) is 102 cm³/mol. The molecule has 0 bridgehead atoms. The summed E-state index contributed by atoms with van der Waals surface area (Å²) in [5, 5.41) is 6.19. The van der Waals surface area contributed by atoms with Gasteiger partial charge in [-0.25, -0.2) is 0 Å². The minimum atomic E-state index is -0.385. The van der Waals surface area contributed by atoms with Crippen LogP contribution in [0.5, 0.6) is 11.5 Å². The van der Waals surface area contributed by atoms with E-state index in [-0.39, 0.29) is 18.1 Å². The molecule has 7 nitrogen and oxygen atoms in total. The van der Waals surface area contributed by atoms with Crippen LogP contribution in [0.15, 0.2) is 23.2 Å². The highest BCUT2D eigenvalue weighted by Crippen LogP contribution is 2.32. The van der Waals surface area contributed by atoms with E-state index in [2.05, 4.69) is 15.6 Å². The second-order valence-corrected chi connectivity index (χ2v) is 7.29. The summed E-state index contributed by atoms with van der Waals surface area (Å²) in [4.78, 5) is 18.5. The third kappa shape index (κ3) is 5.54. The fraction of sp³-hybridized carbons (Fsp3) is 0.579. The van der Waals surface area contributed by atoms with Crippen LogP contribution in [0, 0.1) is 5.41 Å². The first kappa shape index (κ1) is 19.9. The van der Waals surface area contributed by atoms with Gasteiger partial charge in [-0.2, -0.15) is 0 Å². The van der Waals surface area contributed by atoms with Crippen LogP contribution in [-0.2, 0) is 11.3 Å². The number of rotatable bonds is 6. The molecule has 0 spiro atoms. The molecule has 1 aromatic carbocycles. The highest BCUT2D eigenvalue weighted by molar-refractivity contribution is 5.81. The molecule has 0 aliphatic carbocycles. The van der Waals surface area contributed by atoms with Crippen molar-refractivity contribution in [2.24, 2.45) is 10.4 Å². The van der Waals surface area contributed by atoms with Gasteiger partial charge in [0, 0.05) is 32.1 Å². The lowest BCUT2D eigenvalue weighted by molar-refractivity contribution is -0.128. The Labute approximate surface area is 155 Å². The van der Waals surface area contributed by atoms with Crippen LogP contribution in [-0.4, -0.2) is 50.2 Å². The fourth-order valence-corrected chi connectivity index (χ4v) is 2.45. The molecule has 26 heavy (non-hydrogen) atoms. The van der Waals surface area contributed by atoms with E-state index in [4.69, 9.17) is 9.47 Å². The number of carbonyl (C=O) groups is 1. The Hall–Kier alpha value is -2.44. The molecule has 0 saturated heterocycles. The Morgan fingerprint density at radius 3 is 2.65 bits per heavy atom. The number of guanidine groups is 1. The minimum absolute atomic E-state index is 0.0337. The molecule has 1 aliphatic heterocycles. The first-order valence-corrected chi connectivity index (χ1v) is 8.97. The molecule has 0 aromatic heterocycles. The lowest BCUT2D eigenvalue weighted by Crippen LogP contribution is -2.40. The summed E-state index contributed by atoms with van der Waals surface area (Å²) in [5.41, 5.74) is 0.730. The van der Waals surface area contributed by atoms with Crippen LogP contribution in [0.4, 0.5) is 0 Å². The Morgan fingerprint density at radius 1 is 1.23 bits per heavy atom. The first-order chi connectivity index (χ1) is 12.3. The molecule has 1 aliphatic rings. The van der Waals surface area contributed by atoms with Crippen LogP contribution in [0.1, 0.15) is 33.3 Å². The van der Waals surface area contributed by atoms with E-state index in [9.17, 15) is 4.79 Å². The maximum Gasteiger partial charge on any atom is 0.231 e. The topological polar surface area (TPSA) is 75.2 Å². The maximum absolute atomic E-state index is 11.9. The summed E-state index contributed by atoms with van der Waals surface area (Å²) < 4.78 is 10.8.